The SMILES string of the molecule is C=CC1=C(Cl)CC(C(=O)OCC)(C(=O)OCC)C1. The van der Waals surface area contributed by atoms with E-state index < -0.39 is 17.4 Å². The Bertz CT molecular complexity index is 380. The average molecular weight is 273 g/mol. The van der Waals surface area contributed by atoms with Crippen LogP contribution in [0.2, 0.25) is 0 Å². The molecule has 1 rings (SSSR count). The Morgan fingerprint density at radius 3 is 2.11 bits per heavy atom. The monoisotopic (exact) mass is 272 g/mol. The van der Waals surface area contributed by atoms with Crippen molar-refractivity contribution in [3.63, 3.8) is 0 Å². The van der Waals surface area contributed by atoms with Crippen LogP contribution in [0.25, 0.3) is 0 Å². The second-order valence-corrected chi connectivity index (χ2v) is 4.47. The van der Waals surface area contributed by atoms with Crippen LogP contribution in [0, 0.1) is 5.41 Å². The summed E-state index contributed by atoms with van der Waals surface area (Å²) < 4.78 is 9.96. The topological polar surface area (TPSA) is 52.6 Å². The molecule has 0 amide bonds. The second-order valence-electron chi connectivity index (χ2n) is 4.01. The first-order valence-electron chi connectivity index (χ1n) is 5.86. The lowest BCUT2D eigenvalue weighted by atomic mass is 9.84. The van der Waals surface area contributed by atoms with Crippen molar-refractivity contribution in [3.05, 3.63) is 23.3 Å². The second kappa shape index (κ2) is 6.05. The maximum Gasteiger partial charge on any atom is 0.324 e. The van der Waals surface area contributed by atoms with Gasteiger partial charge in [-0.05, 0) is 19.4 Å². The van der Waals surface area contributed by atoms with Gasteiger partial charge in [-0.2, -0.15) is 0 Å². The molecule has 0 aromatic rings. The molecule has 0 N–H and O–H groups in total. The zero-order valence-corrected chi connectivity index (χ0v) is 11.4. The van der Waals surface area contributed by atoms with E-state index in [0.717, 1.165) is 0 Å². The van der Waals surface area contributed by atoms with Gasteiger partial charge in [0.1, 0.15) is 0 Å². The van der Waals surface area contributed by atoms with E-state index in [4.69, 9.17) is 21.1 Å². The highest BCUT2D eigenvalue weighted by atomic mass is 35.5. The lowest BCUT2D eigenvalue weighted by molar-refractivity contribution is -0.171. The van der Waals surface area contributed by atoms with Crippen molar-refractivity contribution in [1.82, 2.24) is 0 Å². The van der Waals surface area contributed by atoms with Crippen LogP contribution in [0.3, 0.4) is 0 Å². The van der Waals surface area contributed by atoms with Gasteiger partial charge in [0.2, 0.25) is 0 Å². The Balaban J connectivity index is 3.03. The minimum absolute atomic E-state index is 0.119. The van der Waals surface area contributed by atoms with Crippen molar-refractivity contribution < 1.29 is 19.1 Å². The molecule has 0 bridgehead atoms. The van der Waals surface area contributed by atoms with E-state index >= 15 is 0 Å². The number of allylic oxidation sites excluding steroid dienone is 3. The number of rotatable bonds is 5. The van der Waals surface area contributed by atoms with Gasteiger partial charge in [-0.15, -0.1) is 0 Å². The van der Waals surface area contributed by atoms with E-state index in [1.165, 1.54) is 0 Å². The number of hydrogen-bond acceptors (Lipinski definition) is 4. The fourth-order valence-electron chi connectivity index (χ4n) is 1.96. The molecular formula is C13H17ClO4. The Morgan fingerprint density at radius 1 is 1.28 bits per heavy atom. The van der Waals surface area contributed by atoms with Crippen LogP contribution in [0.4, 0.5) is 0 Å². The summed E-state index contributed by atoms with van der Waals surface area (Å²) in [7, 11) is 0. The fourth-order valence-corrected chi connectivity index (χ4v) is 2.33. The molecule has 1 aliphatic rings. The standard InChI is InChI=1S/C13H17ClO4/c1-4-9-7-13(8-10(9)14,11(15)17-5-2)12(16)18-6-3/h4H,1,5-8H2,2-3H3. The highest BCUT2D eigenvalue weighted by Gasteiger charge is 2.53. The molecule has 0 heterocycles. The van der Waals surface area contributed by atoms with Crippen LogP contribution in [-0.4, -0.2) is 25.2 Å². The summed E-state index contributed by atoms with van der Waals surface area (Å²) in [4.78, 5) is 24.1. The zero-order chi connectivity index (χ0) is 13.8. The van der Waals surface area contributed by atoms with Crippen LogP contribution >= 0.6 is 11.6 Å². The normalized spacial score (nSPS) is 17.5. The molecular weight excluding hydrogens is 256 g/mol. The van der Waals surface area contributed by atoms with Crippen molar-refractivity contribution in [2.45, 2.75) is 26.7 Å². The average Bonchev–Trinajstić information content (AvgIpc) is 2.68. The molecule has 100 valence electrons. The number of halogens is 1. The van der Waals surface area contributed by atoms with Crippen molar-refractivity contribution in [1.29, 1.82) is 0 Å². The summed E-state index contributed by atoms with van der Waals surface area (Å²) in [5.41, 5.74) is -0.648. The third-order valence-electron chi connectivity index (χ3n) is 2.88. The molecule has 0 aromatic heterocycles. The first kappa shape index (κ1) is 14.8. The van der Waals surface area contributed by atoms with E-state index in [9.17, 15) is 9.59 Å². The summed E-state index contributed by atoms with van der Waals surface area (Å²) in [6.45, 7) is 7.42. The third-order valence-corrected chi connectivity index (χ3v) is 3.25. The predicted octanol–water partition coefficient (Wildman–Crippen LogP) is 2.57. The molecule has 4 nitrogen and oxygen atoms in total. The minimum atomic E-state index is -1.34. The largest absolute Gasteiger partial charge is 0.465 e. The van der Waals surface area contributed by atoms with E-state index in [-0.39, 0.29) is 26.1 Å². The molecule has 0 saturated heterocycles. The summed E-state index contributed by atoms with van der Waals surface area (Å²) in [6, 6.07) is 0. The van der Waals surface area contributed by atoms with Gasteiger partial charge in [0.05, 0.1) is 13.2 Å². The lowest BCUT2D eigenvalue weighted by Crippen LogP contribution is -2.40. The van der Waals surface area contributed by atoms with Gasteiger partial charge in [-0.25, -0.2) is 0 Å². The van der Waals surface area contributed by atoms with Crippen molar-refractivity contribution in [3.8, 4) is 0 Å². The van der Waals surface area contributed by atoms with E-state index in [0.29, 0.717) is 10.6 Å². The molecule has 0 unspecified atom stereocenters. The van der Waals surface area contributed by atoms with E-state index in [1.54, 1.807) is 19.9 Å². The third kappa shape index (κ3) is 2.58. The predicted molar refractivity (Wildman–Crippen MR) is 68.0 cm³/mol. The van der Waals surface area contributed by atoms with Crippen LogP contribution in [0.1, 0.15) is 26.7 Å². The van der Waals surface area contributed by atoms with Crippen molar-refractivity contribution in [2.24, 2.45) is 5.41 Å². The number of carbonyl (C=O) groups excluding carboxylic acids is 2. The zero-order valence-electron chi connectivity index (χ0n) is 10.6. The van der Waals surface area contributed by atoms with Gasteiger partial charge >= 0.3 is 11.9 Å². The highest BCUT2D eigenvalue weighted by molar-refractivity contribution is 6.31. The number of hydrogen-bond donors (Lipinski definition) is 0. The summed E-state index contributed by atoms with van der Waals surface area (Å²) in [5.74, 6) is -1.17. The van der Waals surface area contributed by atoms with Gasteiger partial charge in [-0.1, -0.05) is 24.3 Å². The highest BCUT2D eigenvalue weighted by Crippen LogP contribution is 2.46. The van der Waals surface area contributed by atoms with E-state index in [2.05, 4.69) is 6.58 Å². The lowest BCUT2D eigenvalue weighted by Gasteiger charge is -2.24. The van der Waals surface area contributed by atoms with Gasteiger partial charge in [0, 0.05) is 17.9 Å². The molecule has 0 aromatic carbocycles. The Labute approximate surface area is 112 Å². The molecule has 0 spiro atoms. The Morgan fingerprint density at radius 2 is 1.78 bits per heavy atom. The van der Waals surface area contributed by atoms with Gasteiger partial charge in [0.25, 0.3) is 0 Å². The van der Waals surface area contributed by atoms with Crippen LogP contribution in [0.15, 0.2) is 23.3 Å². The van der Waals surface area contributed by atoms with Crippen molar-refractivity contribution >= 4 is 23.5 Å². The first-order chi connectivity index (χ1) is 8.51. The summed E-state index contributed by atoms with van der Waals surface area (Å²) in [6.07, 6.45) is 1.86. The number of carbonyl (C=O) groups is 2. The quantitative estimate of drug-likeness (QED) is 0.570. The first-order valence-corrected chi connectivity index (χ1v) is 6.24. The molecule has 0 saturated carbocycles. The van der Waals surface area contributed by atoms with Gasteiger partial charge < -0.3 is 9.47 Å². The molecule has 5 heteroatoms. The molecule has 18 heavy (non-hydrogen) atoms. The fraction of sp³-hybridized carbons (Fsp3) is 0.538. The molecule has 0 fully saturated rings. The van der Waals surface area contributed by atoms with Crippen LogP contribution in [0.5, 0.6) is 0 Å². The summed E-state index contributed by atoms with van der Waals surface area (Å²) >= 11 is 6.04. The minimum Gasteiger partial charge on any atom is -0.465 e. The Kier molecular flexibility index (Phi) is 4.96. The molecule has 0 aliphatic heterocycles. The Hall–Kier alpha value is -1.29. The molecule has 0 atom stereocenters. The van der Waals surface area contributed by atoms with Crippen LogP contribution in [-0.2, 0) is 19.1 Å². The molecule has 1 aliphatic carbocycles. The maximum atomic E-state index is 12.0. The number of esters is 2. The van der Waals surface area contributed by atoms with Gasteiger partial charge in [0.15, 0.2) is 5.41 Å². The van der Waals surface area contributed by atoms with Crippen LogP contribution < -0.4 is 0 Å². The number of ether oxygens (including phenoxy) is 2. The van der Waals surface area contributed by atoms with Gasteiger partial charge in [-0.3, -0.25) is 9.59 Å². The van der Waals surface area contributed by atoms with Crippen molar-refractivity contribution in [2.75, 3.05) is 13.2 Å². The maximum absolute atomic E-state index is 12.0. The summed E-state index contributed by atoms with van der Waals surface area (Å²) in [5, 5.41) is 0.464. The smallest absolute Gasteiger partial charge is 0.324 e. The molecule has 0 radical (unpaired) electrons. The van der Waals surface area contributed by atoms with E-state index in [1.807, 2.05) is 0 Å².